The number of aromatic amines is 1. The molecule has 6 heteroatoms. The van der Waals surface area contributed by atoms with Crippen molar-refractivity contribution in [3.8, 4) is 0 Å². The van der Waals surface area contributed by atoms with E-state index in [9.17, 15) is 4.79 Å². The van der Waals surface area contributed by atoms with E-state index in [1.54, 1.807) is 24.9 Å². The summed E-state index contributed by atoms with van der Waals surface area (Å²) >= 11 is 1.77. The van der Waals surface area contributed by atoms with E-state index in [2.05, 4.69) is 15.3 Å². The third-order valence-electron chi connectivity index (χ3n) is 2.56. The molecule has 0 aliphatic carbocycles. The number of hydrogen-bond donors (Lipinski definition) is 2. The van der Waals surface area contributed by atoms with Gasteiger partial charge < -0.3 is 9.73 Å². The number of anilines is 1. The molecule has 19 heavy (non-hydrogen) atoms. The minimum absolute atomic E-state index is 0.101. The summed E-state index contributed by atoms with van der Waals surface area (Å²) in [6, 6.07) is 3.96. The predicted molar refractivity (Wildman–Crippen MR) is 77.7 cm³/mol. The van der Waals surface area contributed by atoms with Crippen LogP contribution in [0.2, 0.25) is 0 Å². The highest BCUT2D eigenvalue weighted by Crippen LogP contribution is 2.14. The highest BCUT2D eigenvalue weighted by molar-refractivity contribution is 7.98. The molecule has 0 aliphatic heterocycles. The average Bonchev–Trinajstić information content (AvgIpc) is 2.79. The standard InChI is InChI=1S/C13H17N3O2S/c1-9-7-15-13(16-12(9)17)14-5-6-19-8-11-4-3-10(2)18-11/h3-4,7H,5-6,8H2,1-2H3,(H2,14,15,16,17). The monoisotopic (exact) mass is 279 g/mol. The lowest BCUT2D eigenvalue weighted by molar-refractivity contribution is 0.501. The second-order valence-corrected chi connectivity index (χ2v) is 5.34. The molecule has 0 aromatic carbocycles. The third-order valence-corrected chi connectivity index (χ3v) is 3.54. The highest BCUT2D eigenvalue weighted by atomic mass is 32.2. The van der Waals surface area contributed by atoms with Gasteiger partial charge in [0, 0.05) is 24.1 Å². The maximum atomic E-state index is 11.4. The number of aromatic nitrogens is 2. The van der Waals surface area contributed by atoms with Gasteiger partial charge in [0.1, 0.15) is 11.5 Å². The zero-order valence-corrected chi connectivity index (χ0v) is 11.8. The van der Waals surface area contributed by atoms with E-state index in [1.807, 2.05) is 19.1 Å². The number of rotatable bonds is 6. The van der Waals surface area contributed by atoms with Crippen molar-refractivity contribution in [1.82, 2.24) is 9.97 Å². The molecule has 2 heterocycles. The number of furan rings is 1. The lowest BCUT2D eigenvalue weighted by Crippen LogP contribution is -2.15. The van der Waals surface area contributed by atoms with E-state index in [0.717, 1.165) is 29.6 Å². The molecule has 0 amide bonds. The summed E-state index contributed by atoms with van der Waals surface area (Å²) in [6.45, 7) is 4.42. The van der Waals surface area contributed by atoms with Gasteiger partial charge in [-0.1, -0.05) is 0 Å². The Balaban J connectivity index is 1.69. The van der Waals surface area contributed by atoms with Crippen molar-refractivity contribution >= 4 is 17.7 Å². The minimum Gasteiger partial charge on any atom is -0.466 e. The van der Waals surface area contributed by atoms with Crippen LogP contribution in [0.3, 0.4) is 0 Å². The minimum atomic E-state index is -0.101. The number of nitrogens with one attached hydrogen (secondary N) is 2. The lowest BCUT2D eigenvalue weighted by Gasteiger charge is -2.04. The average molecular weight is 279 g/mol. The maximum absolute atomic E-state index is 11.4. The van der Waals surface area contributed by atoms with Gasteiger partial charge in [0.2, 0.25) is 5.95 Å². The molecule has 0 fully saturated rings. The van der Waals surface area contributed by atoms with Crippen LogP contribution in [0.5, 0.6) is 0 Å². The molecule has 102 valence electrons. The summed E-state index contributed by atoms with van der Waals surface area (Å²) in [5, 5.41) is 3.09. The van der Waals surface area contributed by atoms with Crippen molar-refractivity contribution in [3.63, 3.8) is 0 Å². The Kier molecular flexibility index (Phi) is 4.68. The molecule has 0 radical (unpaired) electrons. The smallest absolute Gasteiger partial charge is 0.255 e. The van der Waals surface area contributed by atoms with Gasteiger partial charge in [-0.25, -0.2) is 4.98 Å². The van der Waals surface area contributed by atoms with Crippen molar-refractivity contribution in [2.45, 2.75) is 19.6 Å². The Morgan fingerprint density at radius 2 is 2.26 bits per heavy atom. The molecular weight excluding hydrogens is 262 g/mol. The Morgan fingerprint density at radius 1 is 1.42 bits per heavy atom. The van der Waals surface area contributed by atoms with Gasteiger partial charge in [0.25, 0.3) is 5.56 Å². The first-order valence-electron chi connectivity index (χ1n) is 6.08. The number of aryl methyl sites for hydroxylation is 2. The first-order valence-corrected chi connectivity index (χ1v) is 7.23. The van der Waals surface area contributed by atoms with E-state index in [0.29, 0.717) is 11.5 Å². The van der Waals surface area contributed by atoms with E-state index in [1.165, 1.54) is 0 Å². The number of thioether (sulfide) groups is 1. The number of hydrogen-bond acceptors (Lipinski definition) is 5. The van der Waals surface area contributed by atoms with Crippen LogP contribution < -0.4 is 10.9 Å². The van der Waals surface area contributed by atoms with Crippen LogP contribution in [0.15, 0.2) is 27.5 Å². The van der Waals surface area contributed by atoms with Crippen LogP contribution >= 0.6 is 11.8 Å². The fourth-order valence-electron chi connectivity index (χ4n) is 1.53. The Labute approximate surface area is 115 Å². The second kappa shape index (κ2) is 6.47. The number of H-pyrrole nitrogens is 1. The van der Waals surface area contributed by atoms with Crippen LogP contribution in [0.4, 0.5) is 5.95 Å². The summed E-state index contributed by atoms with van der Waals surface area (Å²) in [5.74, 6) is 4.22. The van der Waals surface area contributed by atoms with Gasteiger partial charge in [-0.15, -0.1) is 0 Å². The Hall–Kier alpha value is -1.69. The topological polar surface area (TPSA) is 70.9 Å². The zero-order valence-electron chi connectivity index (χ0n) is 11.0. The summed E-state index contributed by atoms with van der Waals surface area (Å²) in [5.41, 5.74) is 0.518. The molecule has 5 nitrogen and oxygen atoms in total. The van der Waals surface area contributed by atoms with Gasteiger partial charge in [-0.05, 0) is 26.0 Å². The van der Waals surface area contributed by atoms with Crippen LogP contribution in [0.25, 0.3) is 0 Å². The molecule has 0 bridgehead atoms. The molecule has 2 aromatic heterocycles. The summed E-state index contributed by atoms with van der Waals surface area (Å²) in [7, 11) is 0. The first-order chi connectivity index (χ1) is 9.15. The zero-order chi connectivity index (χ0) is 13.7. The maximum Gasteiger partial charge on any atom is 0.255 e. The fourth-order valence-corrected chi connectivity index (χ4v) is 2.27. The van der Waals surface area contributed by atoms with Crippen LogP contribution in [0, 0.1) is 13.8 Å². The highest BCUT2D eigenvalue weighted by Gasteiger charge is 2.00. The molecule has 0 aliphatic rings. The van der Waals surface area contributed by atoms with Crippen molar-refractivity contribution in [2.24, 2.45) is 0 Å². The molecule has 2 N–H and O–H groups in total. The molecule has 0 unspecified atom stereocenters. The van der Waals surface area contributed by atoms with Gasteiger partial charge in [-0.2, -0.15) is 11.8 Å². The van der Waals surface area contributed by atoms with Crippen molar-refractivity contribution in [1.29, 1.82) is 0 Å². The largest absolute Gasteiger partial charge is 0.466 e. The summed E-state index contributed by atoms with van der Waals surface area (Å²) in [4.78, 5) is 18.1. The summed E-state index contributed by atoms with van der Waals surface area (Å²) in [6.07, 6.45) is 1.57. The molecule has 0 atom stereocenters. The van der Waals surface area contributed by atoms with E-state index in [4.69, 9.17) is 4.42 Å². The molecular formula is C13H17N3O2S. The van der Waals surface area contributed by atoms with Crippen LogP contribution in [0.1, 0.15) is 17.1 Å². The predicted octanol–water partition coefficient (Wildman–Crippen LogP) is 2.33. The van der Waals surface area contributed by atoms with E-state index in [-0.39, 0.29) is 5.56 Å². The Bertz CT molecular complexity index is 592. The van der Waals surface area contributed by atoms with E-state index < -0.39 is 0 Å². The quantitative estimate of drug-likeness (QED) is 0.794. The lowest BCUT2D eigenvalue weighted by atomic mass is 10.4. The summed E-state index contributed by atoms with van der Waals surface area (Å²) < 4.78 is 5.48. The normalized spacial score (nSPS) is 10.6. The molecule has 2 rings (SSSR count). The van der Waals surface area contributed by atoms with Crippen LogP contribution in [-0.4, -0.2) is 22.3 Å². The molecule has 0 spiro atoms. The van der Waals surface area contributed by atoms with Gasteiger partial charge >= 0.3 is 0 Å². The SMILES string of the molecule is Cc1ccc(CSCCNc2ncc(C)c(=O)[nH]2)o1. The Morgan fingerprint density at radius 3 is 2.95 bits per heavy atom. The fraction of sp³-hybridized carbons (Fsp3) is 0.385. The second-order valence-electron chi connectivity index (χ2n) is 4.24. The van der Waals surface area contributed by atoms with Gasteiger partial charge in [0.05, 0.1) is 5.75 Å². The number of nitrogens with zero attached hydrogens (tertiary/aromatic N) is 1. The first kappa shape index (κ1) is 13.7. The van der Waals surface area contributed by atoms with Crippen molar-refractivity contribution < 1.29 is 4.42 Å². The third kappa shape index (κ3) is 4.17. The van der Waals surface area contributed by atoms with Crippen molar-refractivity contribution in [3.05, 3.63) is 45.8 Å². The molecule has 2 aromatic rings. The van der Waals surface area contributed by atoms with Gasteiger partial charge in [-0.3, -0.25) is 9.78 Å². The van der Waals surface area contributed by atoms with Crippen LogP contribution in [-0.2, 0) is 5.75 Å². The van der Waals surface area contributed by atoms with Crippen molar-refractivity contribution in [2.75, 3.05) is 17.6 Å². The van der Waals surface area contributed by atoms with E-state index >= 15 is 0 Å². The molecule has 0 saturated heterocycles. The van der Waals surface area contributed by atoms with Gasteiger partial charge in [0.15, 0.2) is 0 Å². The molecule has 0 saturated carbocycles.